The molecule has 0 bridgehead atoms. The number of nitrogens with zero attached hydrogens (tertiary/aromatic N) is 2. The number of hydrogen-bond acceptors (Lipinski definition) is 2. The van der Waals surface area contributed by atoms with Crippen LogP contribution >= 0.6 is 38.5 Å². The molecule has 17 heavy (non-hydrogen) atoms. The van der Waals surface area contributed by atoms with Crippen LogP contribution in [0.4, 0.5) is 0 Å². The van der Waals surface area contributed by atoms with Gasteiger partial charge in [0.25, 0.3) is 0 Å². The fraction of sp³-hybridized carbons (Fsp3) is 0.250. The molecule has 0 aliphatic carbocycles. The van der Waals surface area contributed by atoms with Gasteiger partial charge in [-0.1, -0.05) is 15.9 Å². The van der Waals surface area contributed by atoms with Crippen molar-refractivity contribution in [1.29, 1.82) is 0 Å². The molecule has 0 spiro atoms. The molecule has 0 radical (unpaired) electrons. The number of aliphatic hydroxyl groups is 1. The Hall–Kier alpha value is -0.400. The lowest BCUT2D eigenvalue weighted by Gasteiger charge is -2.12. The van der Waals surface area contributed by atoms with E-state index in [0.717, 1.165) is 19.2 Å². The van der Waals surface area contributed by atoms with E-state index in [2.05, 4.69) is 43.6 Å². The smallest absolute Gasteiger partial charge is 0.0842 e. The average Bonchev–Trinajstić information content (AvgIpc) is 2.67. The van der Waals surface area contributed by atoms with Gasteiger partial charge in [-0.05, 0) is 51.9 Å². The predicted molar refractivity (Wildman–Crippen MR) is 78.7 cm³/mol. The van der Waals surface area contributed by atoms with Gasteiger partial charge < -0.3 is 5.11 Å². The van der Waals surface area contributed by atoms with Gasteiger partial charge in [0.15, 0.2) is 0 Å². The lowest BCUT2D eigenvalue weighted by Crippen LogP contribution is -2.03. The molecule has 1 heterocycles. The highest BCUT2D eigenvalue weighted by Gasteiger charge is 2.13. The standard InChI is InChI=1S/C12H12BrIN2O/c1-16-7-8(6-15-16)4-12(17)10-5-9(13)2-3-11(10)14/h2-3,5-7,12,17H,4H2,1H3. The van der Waals surface area contributed by atoms with Crippen LogP contribution in [0, 0.1) is 3.57 Å². The summed E-state index contributed by atoms with van der Waals surface area (Å²) < 4.78 is 3.80. The number of halogens is 2. The second-order valence-electron chi connectivity index (χ2n) is 3.91. The van der Waals surface area contributed by atoms with Crippen LogP contribution in [0.25, 0.3) is 0 Å². The van der Waals surface area contributed by atoms with Crippen LogP contribution in [0.2, 0.25) is 0 Å². The molecular formula is C12H12BrIN2O. The van der Waals surface area contributed by atoms with E-state index in [1.165, 1.54) is 0 Å². The molecule has 1 N–H and O–H groups in total. The molecule has 0 fully saturated rings. The van der Waals surface area contributed by atoms with Crippen molar-refractivity contribution in [3.8, 4) is 0 Å². The highest BCUT2D eigenvalue weighted by molar-refractivity contribution is 14.1. The van der Waals surface area contributed by atoms with Crippen LogP contribution in [0.5, 0.6) is 0 Å². The molecule has 90 valence electrons. The maximum Gasteiger partial charge on any atom is 0.0842 e. The fourth-order valence-corrected chi connectivity index (χ4v) is 2.75. The van der Waals surface area contributed by atoms with Crippen LogP contribution in [0.3, 0.4) is 0 Å². The number of benzene rings is 1. The summed E-state index contributed by atoms with van der Waals surface area (Å²) in [4.78, 5) is 0. The first kappa shape index (κ1) is 13.0. The van der Waals surface area contributed by atoms with Crippen LogP contribution in [-0.2, 0) is 13.5 Å². The monoisotopic (exact) mass is 406 g/mol. The van der Waals surface area contributed by atoms with Gasteiger partial charge in [0.05, 0.1) is 12.3 Å². The average molecular weight is 407 g/mol. The van der Waals surface area contributed by atoms with Crippen molar-refractivity contribution in [2.75, 3.05) is 0 Å². The van der Waals surface area contributed by atoms with Crippen molar-refractivity contribution in [3.63, 3.8) is 0 Å². The first-order valence-electron chi connectivity index (χ1n) is 5.17. The summed E-state index contributed by atoms with van der Waals surface area (Å²) in [5.74, 6) is 0. The van der Waals surface area contributed by atoms with Gasteiger partial charge in [-0.15, -0.1) is 0 Å². The third kappa shape index (κ3) is 3.29. The maximum absolute atomic E-state index is 10.2. The third-order valence-electron chi connectivity index (χ3n) is 2.50. The lowest BCUT2D eigenvalue weighted by atomic mass is 10.0. The Morgan fingerprint density at radius 2 is 2.29 bits per heavy atom. The zero-order valence-electron chi connectivity index (χ0n) is 9.27. The molecule has 0 aliphatic heterocycles. The van der Waals surface area contributed by atoms with Crippen LogP contribution in [-0.4, -0.2) is 14.9 Å². The lowest BCUT2D eigenvalue weighted by molar-refractivity contribution is 0.177. The van der Waals surface area contributed by atoms with E-state index in [0.29, 0.717) is 6.42 Å². The first-order chi connectivity index (χ1) is 8.06. The summed E-state index contributed by atoms with van der Waals surface area (Å²) >= 11 is 5.66. The van der Waals surface area contributed by atoms with Gasteiger partial charge in [-0.2, -0.15) is 5.10 Å². The Bertz CT molecular complexity index is 527. The highest BCUT2D eigenvalue weighted by atomic mass is 127. The van der Waals surface area contributed by atoms with Crippen LogP contribution in [0.15, 0.2) is 35.1 Å². The van der Waals surface area contributed by atoms with E-state index in [1.807, 2.05) is 31.4 Å². The van der Waals surface area contributed by atoms with Gasteiger partial charge in [-0.3, -0.25) is 4.68 Å². The van der Waals surface area contributed by atoms with Crippen molar-refractivity contribution in [3.05, 3.63) is 49.8 Å². The number of aryl methyl sites for hydroxylation is 1. The fourth-order valence-electron chi connectivity index (χ4n) is 1.68. The first-order valence-corrected chi connectivity index (χ1v) is 7.04. The highest BCUT2D eigenvalue weighted by Crippen LogP contribution is 2.26. The second kappa shape index (κ2) is 5.49. The summed E-state index contributed by atoms with van der Waals surface area (Å²) in [6, 6.07) is 5.93. The van der Waals surface area contributed by atoms with Gasteiger partial charge in [0.1, 0.15) is 0 Å². The van der Waals surface area contributed by atoms with Crippen LogP contribution < -0.4 is 0 Å². The molecule has 1 aromatic carbocycles. The molecule has 1 aromatic heterocycles. The molecule has 2 rings (SSSR count). The Morgan fingerprint density at radius 3 is 2.94 bits per heavy atom. The molecule has 1 atom stereocenters. The minimum atomic E-state index is -0.497. The van der Waals surface area contributed by atoms with Gasteiger partial charge >= 0.3 is 0 Å². The summed E-state index contributed by atoms with van der Waals surface area (Å²) in [5, 5.41) is 14.3. The van der Waals surface area contributed by atoms with Crippen molar-refractivity contribution in [2.24, 2.45) is 7.05 Å². The Labute approximate surface area is 122 Å². The van der Waals surface area contributed by atoms with Crippen molar-refractivity contribution in [2.45, 2.75) is 12.5 Å². The van der Waals surface area contributed by atoms with E-state index < -0.39 is 6.10 Å². The summed E-state index contributed by atoms with van der Waals surface area (Å²) in [6.07, 6.45) is 3.80. The van der Waals surface area contributed by atoms with Gasteiger partial charge in [0, 0.05) is 27.7 Å². The number of aliphatic hydroxyl groups excluding tert-OH is 1. The normalized spacial score (nSPS) is 12.7. The van der Waals surface area contributed by atoms with E-state index in [9.17, 15) is 5.11 Å². The SMILES string of the molecule is Cn1cc(CC(O)c2cc(Br)ccc2I)cn1. The Morgan fingerprint density at radius 1 is 1.53 bits per heavy atom. The largest absolute Gasteiger partial charge is 0.388 e. The topological polar surface area (TPSA) is 38.0 Å². The number of aromatic nitrogens is 2. The maximum atomic E-state index is 10.2. The molecule has 0 saturated heterocycles. The summed E-state index contributed by atoms with van der Waals surface area (Å²) in [5.41, 5.74) is 1.99. The van der Waals surface area contributed by atoms with E-state index in [-0.39, 0.29) is 0 Å². The molecule has 5 heteroatoms. The summed E-state index contributed by atoms with van der Waals surface area (Å²) in [7, 11) is 1.87. The number of hydrogen-bond donors (Lipinski definition) is 1. The molecule has 3 nitrogen and oxygen atoms in total. The van der Waals surface area contributed by atoms with E-state index in [4.69, 9.17) is 0 Å². The van der Waals surface area contributed by atoms with E-state index >= 15 is 0 Å². The third-order valence-corrected chi connectivity index (χ3v) is 3.98. The molecule has 1 unspecified atom stereocenters. The van der Waals surface area contributed by atoms with Crippen molar-refractivity contribution < 1.29 is 5.11 Å². The quantitative estimate of drug-likeness (QED) is 0.795. The van der Waals surface area contributed by atoms with Crippen molar-refractivity contribution in [1.82, 2.24) is 9.78 Å². The number of rotatable bonds is 3. The zero-order chi connectivity index (χ0) is 12.4. The van der Waals surface area contributed by atoms with Gasteiger partial charge in [-0.25, -0.2) is 0 Å². The summed E-state index contributed by atoms with van der Waals surface area (Å²) in [6.45, 7) is 0. The predicted octanol–water partition coefficient (Wildman–Crippen LogP) is 3.06. The Kier molecular flexibility index (Phi) is 4.22. The van der Waals surface area contributed by atoms with Gasteiger partial charge in [0.2, 0.25) is 0 Å². The molecule has 0 amide bonds. The zero-order valence-corrected chi connectivity index (χ0v) is 13.0. The Balaban J connectivity index is 2.19. The van der Waals surface area contributed by atoms with Crippen LogP contribution in [0.1, 0.15) is 17.2 Å². The minimum absolute atomic E-state index is 0.497. The molecule has 2 aromatic rings. The molecule has 0 saturated carbocycles. The molecule has 0 aliphatic rings. The minimum Gasteiger partial charge on any atom is -0.388 e. The van der Waals surface area contributed by atoms with E-state index in [1.54, 1.807) is 10.9 Å². The molecular weight excluding hydrogens is 395 g/mol. The van der Waals surface area contributed by atoms with Crippen molar-refractivity contribution >= 4 is 38.5 Å². The second-order valence-corrected chi connectivity index (χ2v) is 5.99.